The first-order valence-electron chi connectivity index (χ1n) is 5.95. The van der Waals surface area contributed by atoms with Gasteiger partial charge >= 0.3 is 0 Å². The molecule has 0 bridgehead atoms. The first-order valence-corrected chi connectivity index (χ1v) is 7.39. The molecule has 20 heavy (non-hydrogen) atoms. The summed E-state index contributed by atoms with van der Waals surface area (Å²) in [6, 6.07) is 11.6. The minimum Gasteiger partial charge on any atom is -0.481 e. The summed E-state index contributed by atoms with van der Waals surface area (Å²) >= 11 is 0. The molecule has 0 aliphatic carbocycles. The van der Waals surface area contributed by atoms with Gasteiger partial charge in [0, 0.05) is 12.4 Å². The molecule has 0 N–H and O–H groups in total. The molecule has 0 fully saturated rings. The highest BCUT2D eigenvalue weighted by Gasteiger charge is 2.19. The van der Waals surface area contributed by atoms with Crippen molar-refractivity contribution < 1.29 is 13.2 Å². The molecule has 0 aliphatic rings. The molecule has 0 radical (unpaired) electrons. The average Bonchev–Trinajstić information content (AvgIpc) is 2.92. The highest BCUT2D eigenvalue weighted by atomic mass is 32.2. The lowest BCUT2D eigenvalue weighted by Crippen LogP contribution is -2.11. The summed E-state index contributed by atoms with van der Waals surface area (Å²) in [6.07, 6.45) is 3.04. The van der Waals surface area contributed by atoms with Gasteiger partial charge in [-0.25, -0.2) is 17.4 Å². The lowest BCUT2D eigenvalue weighted by atomic mass is 10.3. The van der Waals surface area contributed by atoms with Gasteiger partial charge < -0.3 is 4.74 Å². The van der Waals surface area contributed by atoms with Crippen molar-refractivity contribution >= 4 is 20.9 Å². The van der Waals surface area contributed by atoms with Gasteiger partial charge in [-0.3, -0.25) is 0 Å². The van der Waals surface area contributed by atoms with Crippen molar-refractivity contribution in [3.05, 3.63) is 54.9 Å². The molecule has 3 aromatic rings. The Morgan fingerprint density at radius 1 is 1.10 bits per heavy atom. The third-order valence-corrected chi connectivity index (χ3v) is 4.74. The first kappa shape index (κ1) is 12.7. The van der Waals surface area contributed by atoms with Crippen LogP contribution in [0.3, 0.4) is 0 Å². The molecule has 5 nitrogen and oxygen atoms in total. The van der Waals surface area contributed by atoms with E-state index in [1.54, 1.807) is 42.5 Å². The zero-order valence-corrected chi connectivity index (χ0v) is 11.5. The highest BCUT2D eigenvalue weighted by molar-refractivity contribution is 7.90. The van der Waals surface area contributed by atoms with E-state index in [1.165, 1.54) is 23.5 Å². The van der Waals surface area contributed by atoms with Crippen molar-refractivity contribution in [2.24, 2.45) is 0 Å². The van der Waals surface area contributed by atoms with Crippen molar-refractivity contribution in [2.75, 3.05) is 7.11 Å². The minimum atomic E-state index is -3.61. The van der Waals surface area contributed by atoms with Crippen molar-refractivity contribution in [3.8, 4) is 5.88 Å². The molecule has 0 aliphatic heterocycles. The van der Waals surface area contributed by atoms with Crippen LogP contribution in [0.15, 0.2) is 59.8 Å². The Morgan fingerprint density at radius 3 is 2.55 bits per heavy atom. The van der Waals surface area contributed by atoms with Gasteiger partial charge in [-0.15, -0.1) is 0 Å². The number of rotatable bonds is 3. The van der Waals surface area contributed by atoms with Crippen LogP contribution in [0.25, 0.3) is 10.9 Å². The van der Waals surface area contributed by atoms with Crippen LogP contribution in [-0.2, 0) is 10.0 Å². The number of fused-ring (bicyclic) bond motifs is 1. The van der Waals surface area contributed by atoms with E-state index in [-0.39, 0.29) is 4.90 Å². The zero-order valence-electron chi connectivity index (χ0n) is 10.7. The number of methoxy groups -OCH3 is 1. The quantitative estimate of drug-likeness (QED) is 0.742. The Morgan fingerprint density at radius 2 is 1.85 bits per heavy atom. The zero-order chi connectivity index (χ0) is 14.2. The molecule has 0 amide bonds. The number of nitrogens with zero attached hydrogens (tertiary/aromatic N) is 2. The van der Waals surface area contributed by atoms with E-state index in [0.29, 0.717) is 16.8 Å². The van der Waals surface area contributed by atoms with Crippen LogP contribution < -0.4 is 4.74 Å². The Kier molecular flexibility index (Phi) is 2.94. The molecule has 0 atom stereocenters. The van der Waals surface area contributed by atoms with Crippen LogP contribution in [0.2, 0.25) is 0 Å². The van der Waals surface area contributed by atoms with Crippen LogP contribution >= 0.6 is 0 Å². The topological polar surface area (TPSA) is 61.2 Å². The van der Waals surface area contributed by atoms with E-state index in [0.717, 1.165) is 0 Å². The Bertz CT molecular complexity index is 855. The molecule has 2 heterocycles. The van der Waals surface area contributed by atoms with Gasteiger partial charge in [0.25, 0.3) is 10.0 Å². The number of benzene rings is 1. The maximum absolute atomic E-state index is 12.6. The monoisotopic (exact) mass is 288 g/mol. The molecule has 0 saturated carbocycles. The van der Waals surface area contributed by atoms with E-state index in [9.17, 15) is 8.42 Å². The van der Waals surface area contributed by atoms with Gasteiger partial charge in [0.2, 0.25) is 5.88 Å². The fraction of sp³-hybridized carbons (Fsp3) is 0.0714. The average molecular weight is 288 g/mol. The normalized spacial score (nSPS) is 11.7. The minimum absolute atomic E-state index is 0.244. The summed E-state index contributed by atoms with van der Waals surface area (Å²) in [5.74, 6) is 0.407. The van der Waals surface area contributed by atoms with Crippen molar-refractivity contribution in [3.63, 3.8) is 0 Å². The van der Waals surface area contributed by atoms with Crippen LogP contribution in [-0.4, -0.2) is 24.5 Å². The summed E-state index contributed by atoms with van der Waals surface area (Å²) in [5, 5.41) is 0.662. The number of ether oxygens (including phenoxy) is 1. The summed E-state index contributed by atoms with van der Waals surface area (Å²) < 4.78 is 31.6. The van der Waals surface area contributed by atoms with E-state index in [1.807, 2.05) is 0 Å². The molecule has 0 saturated heterocycles. The molecular weight excluding hydrogens is 276 g/mol. The van der Waals surface area contributed by atoms with Crippen LogP contribution in [0.4, 0.5) is 0 Å². The molecular formula is C14H12N2O3S. The molecule has 2 aromatic heterocycles. The van der Waals surface area contributed by atoms with Gasteiger partial charge in [0.05, 0.1) is 22.9 Å². The van der Waals surface area contributed by atoms with E-state index < -0.39 is 10.0 Å². The first-order chi connectivity index (χ1) is 9.64. The number of aromatic nitrogens is 2. The van der Waals surface area contributed by atoms with Gasteiger partial charge in [-0.2, -0.15) is 0 Å². The molecule has 0 spiro atoms. The molecule has 3 rings (SSSR count). The maximum Gasteiger partial charge on any atom is 0.268 e. The predicted molar refractivity (Wildman–Crippen MR) is 75.3 cm³/mol. The van der Waals surface area contributed by atoms with Gasteiger partial charge in [-0.05, 0) is 24.3 Å². The summed E-state index contributed by atoms with van der Waals surface area (Å²) in [5.41, 5.74) is 0.542. The number of hydrogen-bond donors (Lipinski definition) is 0. The summed E-state index contributed by atoms with van der Waals surface area (Å²) in [4.78, 5) is 4.31. The van der Waals surface area contributed by atoms with Gasteiger partial charge in [0.1, 0.15) is 0 Å². The van der Waals surface area contributed by atoms with E-state index in [4.69, 9.17) is 4.74 Å². The molecule has 1 aromatic carbocycles. The Labute approximate surface area is 116 Å². The Hall–Kier alpha value is -2.34. The third kappa shape index (κ3) is 1.85. The van der Waals surface area contributed by atoms with Crippen molar-refractivity contribution in [1.29, 1.82) is 0 Å². The lowest BCUT2D eigenvalue weighted by molar-refractivity contribution is 0.403. The van der Waals surface area contributed by atoms with E-state index >= 15 is 0 Å². The maximum atomic E-state index is 12.6. The molecule has 0 unspecified atom stereocenters. The van der Waals surface area contributed by atoms with Gasteiger partial charge in [-0.1, -0.05) is 18.2 Å². The second-order valence-corrected chi connectivity index (χ2v) is 6.00. The standard InChI is InChI=1S/C14H12N2O3S/c1-19-14-12-8-10-16(13(12)7-9-15-14)20(17,18)11-5-3-2-4-6-11/h2-10H,1H3. The van der Waals surface area contributed by atoms with E-state index in [2.05, 4.69) is 4.98 Å². The lowest BCUT2D eigenvalue weighted by Gasteiger charge is -2.07. The smallest absolute Gasteiger partial charge is 0.268 e. The largest absolute Gasteiger partial charge is 0.481 e. The third-order valence-electron chi connectivity index (χ3n) is 3.04. The van der Waals surface area contributed by atoms with Crippen LogP contribution in [0.5, 0.6) is 5.88 Å². The van der Waals surface area contributed by atoms with Crippen LogP contribution in [0.1, 0.15) is 0 Å². The van der Waals surface area contributed by atoms with Gasteiger partial charge in [0.15, 0.2) is 0 Å². The van der Waals surface area contributed by atoms with Crippen molar-refractivity contribution in [2.45, 2.75) is 4.90 Å². The van der Waals surface area contributed by atoms with Crippen molar-refractivity contribution in [1.82, 2.24) is 8.96 Å². The molecule has 6 heteroatoms. The molecule has 102 valence electrons. The fourth-order valence-electron chi connectivity index (χ4n) is 2.09. The highest BCUT2D eigenvalue weighted by Crippen LogP contribution is 2.26. The SMILES string of the molecule is COc1nccc2c1ccn2S(=O)(=O)c1ccccc1. The fourth-order valence-corrected chi connectivity index (χ4v) is 3.46. The second kappa shape index (κ2) is 4.64. The predicted octanol–water partition coefficient (Wildman–Crippen LogP) is 2.28. The number of pyridine rings is 1. The summed E-state index contributed by atoms with van der Waals surface area (Å²) in [6.45, 7) is 0. The second-order valence-electron chi connectivity index (χ2n) is 4.18. The summed E-state index contributed by atoms with van der Waals surface area (Å²) in [7, 11) is -2.11. The Balaban J connectivity index is 2.26. The van der Waals surface area contributed by atoms with Crippen LogP contribution in [0, 0.1) is 0 Å². The number of hydrogen-bond acceptors (Lipinski definition) is 4.